The van der Waals surface area contributed by atoms with Crippen molar-refractivity contribution in [2.45, 2.75) is 6.54 Å². The molecule has 0 fully saturated rings. The standard InChI is InChI=1S/C14H10ClFN4/c15-13-7-2-1-6-12(13)14-17-19-20(18-14)9-10-4-3-5-11(16)8-10/h1-8H,9H2. The minimum atomic E-state index is -0.283. The maximum absolute atomic E-state index is 13.1. The van der Waals surface area contributed by atoms with Gasteiger partial charge in [0.2, 0.25) is 5.82 Å². The lowest BCUT2D eigenvalue weighted by atomic mass is 10.2. The van der Waals surface area contributed by atoms with Gasteiger partial charge in [0.15, 0.2) is 0 Å². The normalized spacial score (nSPS) is 10.7. The van der Waals surface area contributed by atoms with Gasteiger partial charge in [-0.3, -0.25) is 0 Å². The first kappa shape index (κ1) is 12.7. The maximum atomic E-state index is 13.1. The van der Waals surface area contributed by atoms with Crippen LogP contribution in [0, 0.1) is 5.82 Å². The van der Waals surface area contributed by atoms with Crippen LogP contribution in [-0.4, -0.2) is 20.2 Å². The Hall–Kier alpha value is -2.27. The fourth-order valence-corrected chi connectivity index (χ4v) is 2.08. The van der Waals surface area contributed by atoms with E-state index in [1.165, 1.54) is 16.9 Å². The van der Waals surface area contributed by atoms with E-state index >= 15 is 0 Å². The molecule has 100 valence electrons. The summed E-state index contributed by atoms with van der Waals surface area (Å²) in [5.41, 5.74) is 1.49. The predicted molar refractivity (Wildman–Crippen MR) is 73.8 cm³/mol. The van der Waals surface area contributed by atoms with Crippen LogP contribution in [0.2, 0.25) is 5.02 Å². The third kappa shape index (κ3) is 2.67. The van der Waals surface area contributed by atoms with Gasteiger partial charge in [-0.25, -0.2) is 4.39 Å². The summed E-state index contributed by atoms with van der Waals surface area (Å²) in [4.78, 5) is 1.41. The van der Waals surface area contributed by atoms with Crippen LogP contribution >= 0.6 is 11.6 Å². The Bertz CT molecular complexity index is 741. The molecule has 0 bridgehead atoms. The third-order valence-corrected chi connectivity index (χ3v) is 3.11. The predicted octanol–water partition coefficient (Wildman–Crippen LogP) is 3.18. The zero-order valence-electron chi connectivity index (χ0n) is 10.4. The van der Waals surface area contributed by atoms with Crippen molar-refractivity contribution < 1.29 is 4.39 Å². The second-order valence-corrected chi connectivity index (χ2v) is 4.66. The Morgan fingerprint density at radius 3 is 2.75 bits per heavy atom. The molecule has 0 aliphatic heterocycles. The first-order valence-electron chi connectivity index (χ1n) is 5.99. The molecule has 0 N–H and O–H groups in total. The van der Waals surface area contributed by atoms with Crippen molar-refractivity contribution in [2.24, 2.45) is 0 Å². The summed E-state index contributed by atoms with van der Waals surface area (Å²) in [5.74, 6) is 0.168. The van der Waals surface area contributed by atoms with Crippen LogP contribution in [0.3, 0.4) is 0 Å². The number of benzene rings is 2. The molecule has 4 nitrogen and oxygen atoms in total. The van der Waals surface area contributed by atoms with Crippen LogP contribution in [0.25, 0.3) is 11.4 Å². The minimum absolute atomic E-state index is 0.283. The molecule has 1 aromatic heterocycles. The van der Waals surface area contributed by atoms with Crippen molar-refractivity contribution in [3.63, 3.8) is 0 Å². The fraction of sp³-hybridized carbons (Fsp3) is 0.0714. The molecule has 2 aromatic carbocycles. The highest BCUT2D eigenvalue weighted by atomic mass is 35.5. The zero-order chi connectivity index (χ0) is 13.9. The van der Waals surface area contributed by atoms with Crippen molar-refractivity contribution in [3.05, 3.63) is 64.9 Å². The monoisotopic (exact) mass is 288 g/mol. The molecule has 0 unspecified atom stereocenters. The molecule has 20 heavy (non-hydrogen) atoms. The molecule has 0 saturated carbocycles. The lowest BCUT2D eigenvalue weighted by Crippen LogP contribution is -2.04. The second-order valence-electron chi connectivity index (χ2n) is 4.25. The Morgan fingerprint density at radius 1 is 1.10 bits per heavy atom. The van der Waals surface area contributed by atoms with Gasteiger partial charge in [-0.2, -0.15) is 4.80 Å². The molecular weight excluding hydrogens is 279 g/mol. The summed E-state index contributed by atoms with van der Waals surface area (Å²) < 4.78 is 13.1. The van der Waals surface area contributed by atoms with Gasteiger partial charge in [0.25, 0.3) is 0 Å². The Kier molecular flexibility index (Phi) is 3.43. The van der Waals surface area contributed by atoms with E-state index in [0.29, 0.717) is 17.4 Å². The van der Waals surface area contributed by atoms with Gasteiger partial charge in [0, 0.05) is 5.56 Å². The van der Waals surface area contributed by atoms with Crippen LogP contribution in [-0.2, 0) is 6.54 Å². The van der Waals surface area contributed by atoms with E-state index < -0.39 is 0 Å². The SMILES string of the molecule is Fc1cccc(Cn2nnc(-c3ccccc3Cl)n2)c1. The number of halogens is 2. The number of hydrogen-bond acceptors (Lipinski definition) is 3. The zero-order valence-corrected chi connectivity index (χ0v) is 11.1. The van der Waals surface area contributed by atoms with Gasteiger partial charge in [-0.1, -0.05) is 35.9 Å². The number of nitrogens with zero attached hydrogens (tertiary/aromatic N) is 4. The quantitative estimate of drug-likeness (QED) is 0.743. The largest absolute Gasteiger partial charge is 0.207 e. The molecule has 0 atom stereocenters. The maximum Gasteiger partial charge on any atom is 0.206 e. The summed E-state index contributed by atoms with van der Waals surface area (Å²) in [6.07, 6.45) is 0. The van der Waals surface area contributed by atoms with Gasteiger partial charge in [0.1, 0.15) is 5.82 Å². The van der Waals surface area contributed by atoms with E-state index in [-0.39, 0.29) is 5.82 Å². The van der Waals surface area contributed by atoms with Gasteiger partial charge in [0.05, 0.1) is 11.6 Å². The van der Waals surface area contributed by atoms with Crippen LogP contribution in [0.15, 0.2) is 48.5 Å². The average molecular weight is 289 g/mol. The van der Waals surface area contributed by atoms with Crippen molar-refractivity contribution in [1.82, 2.24) is 20.2 Å². The molecule has 0 aliphatic rings. The Morgan fingerprint density at radius 2 is 1.95 bits per heavy atom. The van der Waals surface area contributed by atoms with Crippen LogP contribution in [0.5, 0.6) is 0 Å². The molecule has 0 radical (unpaired) electrons. The molecule has 0 amide bonds. The van der Waals surface area contributed by atoms with E-state index in [9.17, 15) is 4.39 Å². The smallest absolute Gasteiger partial charge is 0.206 e. The summed E-state index contributed by atoms with van der Waals surface area (Å²) >= 11 is 6.08. The second kappa shape index (κ2) is 5.38. The lowest BCUT2D eigenvalue weighted by molar-refractivity contribution is 0.567. The number of tetrazole rings is 1. The number of rotatable bonds is 3. The molecule has 6 heteroatoms. The number of hydrogen-bond donors (Lipinski definition) is 0. The van der Waals surface area contributed by atoms with E-state index in [0.717, 1.165) is 11.1 Å². The van der Waals surface area contributed by atoms with Crippen molar-refractivity contribution in [3.8, 4) is 11.4 Å². The highest BCUT2D eigenvalue weighted by Crippen LogP contribution is 2.23. The highest BCUT2D eigenvalue weighted by molar-refractivity contribution is 6.33. The average Bonchev–Trinajstić information content (AvgIpc) is 2.87. The number of aromatic nitrogens is 4. The molecular formula is C14H10ClFN4. The van der Waals surface area contributed by atoms with Gasteiger partial charge >= 0.3 is 0 Å². The van der Waals surface area contributed by atoms with E-state index in [2.05, 4.69) is 15.4 Å². The van der Waals surface area contributed by atoms with E-state index in [1.54, 1.807) is 12.1 Å². The van der Waals surface area contributed by atoms with Crippen LogP contribution in [0.1, 0.15) is 5.56 Å². The summed E-state index contributed by atoms with van der Waals surface area (Å²) in [7, 11) is 0. The van der Waals surface area contributed by atoms with Gasteiger partial charge < -0.3 is 0 Å². The fourth-order valence-electron chi connectivity index (χ4n) is 1.86. The first-order chi connectivity index (χ1) is 9.72. The lowest BCUT2D eigenvalue weighted by Gasteiger charge is -1.99. The Labute approximate surface area is 119 Å². The summed E-state index contributed by atoms with van der Waals surface area (Å²) in [6, 6.07) is 13.6. The van der Waals surface area contributed by atoms with Crippen LogP contribution in [0.4, 0.5) is 4.39 Å². The topological polar surface area (TPSA) is 43.6 Å². The molecule has 1 heterocycles. The molecule has 3 rings (SSSR count). The van der Waals surface area contributed by atoms with Gasteiger partial charge in [-0.15, -0.1) is 10.2 Å². The van der Waals surface area contributed by atoms with Crippen molar-refractivity contribution in [2.75, 3.05) is 0 Å². The van der Waals surface area contributed by atoms with Gasteiger partial charge in [-0.05, 0) is 35.0 Å². The first-order valence-corrected chi connectivity index (χ1v) is 6.37. The van der Waals surface area contributed by atoms with Crippen molar-refractivity contribution in [1.29, 1.82) is 0 Å². The Balaban J connectivity index is 1.86. The molecule has 0 aliphatic carbocycles. The van der Waals surface area contributed by atoms with Crippen molar-refractivity contribution >= 4 is 11.6 Å². The third-order valence-electron chi connectivity index (χ3n) is 2.78. The molecule has 0 spiro atoms. The highest BCUT2D eigenvalue weighted by Gasteiger charge is 2.09. The molecule has 0 saturated heterocycles. The van der Waals surface area contributed by atoms with E-state index in [4.69, 9.17) is 11.6 Å². The summed E-state index contributed by atoms with van der Waals surface area (Å²) in [5, 5.41) is 12.7. The minimum Gasteiger partial charge on any atom is -0.207 e. The van der Waals surface area contributed by atoms with Crippen LogP contribution < -0.4 is 0 Å². The van der Waals surface area contributed by atoms with E-state index in [1.807, 2.05) is 24.3 Å². The summed E-state index contributed by atoms with van der Waals surface area (Å²) in [6.45, 7) is 0.356. The molecule has 3 aromatic rings.